The summed E-state index contributed by atoms with van der Waals surface area (Å²) < 4.78 is 0. The lowest BCUT2D eigenvalue weighted by atomic mass is 10.0. The third-order valence-corrected chi connectivity index (χ3v) is 7.55. The van der Waals surface area contributed by atoms with Gasteiger partial charge < -0.3 is 20.9 Å². The van der Waals surface area contributed by atoms with Crippen LogP contribution in [0.4, 0.5) is 16.2 Å². The highest BCUT2D eigenvalue weighted by molar-refractivity contribution is 6.35. The predicted octanol–water partition coefficient (Wildman–Crippen LogP) is 5.49. The number of urea groups is 1. The quantitative estimate of drug-likeness (QED) is 0.559. The lowest BCUT2D eigenvalue weighted by molar-refractivity contribution is 0.107. The molecule has 0 aliphatic carbocycles. The number of carbonyl (C=O) groups excluding carboxylic acids is 1. The SMILES string of the molecule is C[C@@H](Nc1cc(N2CCN(C3CCCN(C(N)=O)C3)CC2)ccc1Cl)c1ccc(Cl)cc1Cl. The van der Waals surface area contributed by atoms with E-state index < -0.39 is 0 Å². The molecule has 2 atom stereocenters. The summed E-state index contributed by atoms with van der Waals surface area (Å²) in [6.45, 7) is 7.32. The van der Waals surface area contributed by atoms with E-state index >= 15 is 0 Å². The van der Waals surface area contributed by atoms with Gasteiger partial charge in [-0.2, -0.15) is 0 Å². The van der Waals surface area contributed by atoms with Crippen LogP contribution in [-0.2, 0) is 0 Å². The Kier molecular flexibility index (Phi) is 7.80. The van der Waals surface area contributed by atoms with Gasteiger partial charge in [-0.3, -0.25) is 4.90 Å². The van der Waals surface area contributed by atoms with Gasteiger partial charge in [0, 0.05) is 61.0 Å². The summed E-state index contributed by atoms with van der Waals surface area (Å²) in [7, 11) is 0. The molecule has 178 valence electrons. The highest BCUT2D eigenvalue weighted by Crippen LogP contribution is 2.33. The summed E-state index contributed by atoms with van der Waals surface area (Å²) in [5.41, 5.74) is 8.48. The largest absolute Gasteiger partial charge is 0.377 e. The van der Waals surface area contributed by atoms with Crippen LogP contribution in [0.2, 0.25) is 15.1 Å². The number of likely N-dealkylation sites (tertiary alicyclic amines) is 1. The van der Waals surface area contributed by atoms with Crippen LogP contribution in [0, 0.1) is 0 Å². The maximum atomic E-state index is 11.6. The fourth-order valence-corrected chi connectivity index (χ4v) is 5.53. The molecule has 2 amide bonds. The van der Waals surface area contributed by atoms with Gasteiger partial charge in [-0.1, -0.05) is 40.9 Å². The van der Waals surface area contributed by atoms with Crippen LogP contribution >= 0.6 is 34.8 Å². The van der Waals surface area contributed by atoms with Crippen molar-refractivity contribution in [2.24, 2.45) is 5.73 Å². The molecule has 2 saturated heterocycles. The van der Waals surface area contributed by atoms with Gasteiger partial charge in [0.25, 0.3) is 0 Å². The van der Waals surface area contributed by atoms with Gasteiger partial charge in [-0.05, 0) is 55.7 Å². The maximum absolute atomic E-state index is 11.6. The van der Waals surface area contributed by atoms with E-state index in [1.54, 1.807) is 11.0 Å². The maximum Gasteiger partial charge on any atom is 0.314 e. The lowest BCUT2D eigenvalue weighted by Crippen LogP contribution is -2.56. The number of rotatable bonds is 5. The number of nitrogens with one attached hydrogen (secondary N) is 1. The number of carbonyl (C=O) groups is 1. The molecule has 2 aromatic carbocycles. The summed E-state index contributed by atoms with van der Waals surface area (Å²) in [5.74, 6) is 0. The van der Waals surface area contributed by atoms with E-state index in [0.717, 1.165) is 69.0 Å². The summed E-state index contributed by atoms with van der Waals surface area (Å²) in [6, 6.07) is 11.7. The number of halogens is 3. The molecule has 1 unspecified atom stereocenters. The summed E-state index contributed by atoms with van der Waals surface area (Å²) in [6.07, 6.45) is 2.12. The first-order valence-corrected chi connectivity index (χ1v) is 12.5. The monoisotopic (exact) mass is 509 g/mol. The number of anilines is 2. The Bertz CT molecular complexity index is 996. The third-order valence-electron chi connectivity index (χ3n) is 6.65. The average molecular weight is 511 g/mol. The van der Waals surface area contributed by atoms with Crippen molar-refractivity contribution >= 4 is 52.2 Å². The molecule has 4 rings (SSSR count). The van der Waals surface area contributed by atoms with E-state index in [0.29, 0.717) is 21.1 Å². The number of piperidine rings is 1. The highest BCUT2D eigenvalue weighted by atomic mass is 35.5. The molecule has 3 N–H and O–H groups in total. The molecule has 0 aromatic heterocycles. The van der Waals surface area contributed by atoms with Crippen LogP contribution in [0.3, 0.4) is 0 Å². The number of piperazine rings is 1. The van der Waals surface area contributed by atoms with Crippen molar-refractivity contribution in [2.75, 3.05) is 49.5 Å². The molecule has 2 heterocycles. The molecule has 2 aliphatic heterocycles. The van der Waals surface area contributed by atoms with Crippen LogP contribution in [0.1, 0.15) is 31.4 Å². The second kappa shape index (κ2) is 10.6. The van der Waals surface area contributed by atoms with E-state index in [-0.39, 0.29) is 12.1 Å². The molecule has 0 spiro atoms. The second-order valence-corrected chi connectivity index (χ2v) is 10.1. The molecule has 0 radical (unpaired) electrons. The van der Waals surface area contributed by atoms with E-state index in [4.69, 9.17) is 40.5 Å². The molecule has 2 aliphatic rings. The zero-order chi connectivity index (χ0) is 23.5. The van der Waals surface area contributed by atoms with Gasteiger partial charge in [0.1, 0.15) is 0 Å². The van der Waals surface area contributed by atoms with Crippen molar-refractivity contribution in [1.29, 1.82) is 0 Å². The van der Waals surface area contributed by atoms with E-state index in [2.05, 4.69) is 34.2 Å². The first-order chi connectivity index (χ1) is 15.8. The van der Waals surface area contributed by atoms with Crippen LogP contribution in [0.15, 0.2) is 36.4 Å². The zero-order valence-corrected chi connectivity index (χ0v) is 21.0. The Morgan fingerprint density at radius 3 is 2.48 bits per heavy atom. The minimum Gasteiger partial charge on any atom is -0.377 e. The summed E-state index contributed by atoms with van der Waals surface area (Å²) in [4.78, 5) is 18.2. The molecule has 2 aromatic rings. The molecule has 33 heavy (non-hydrogen) atoms. The van der Waals surface area contributed by atoms with Gasteiger partial charge in [-0.15, -0.1) is 0 Å². The highest BCUT2D eigenvalue weighted by Gasteiger charge is 2.29. The Morgan fingerprint density at radius 2 is 1.79 bits per heavy atom. The van der Waals surface area contributed by atoms with Crippen molar-refractivity contribution in [2.45, 2.75) is 31.8 Å². The van der Waals surface area contributed by atoms with Crippen molar-refractivity contribution in [3.63, 3.8) is 0 Å². The second-order valence-electron chi connectivity index (χ2n) is 8.80. The minimum atomic E-state index is -0.311. The third kappa shape index (κ3) is 5.80. The molecule has 0 saturated carbocycles. The average Bonchev–Trinajstić information content (AvgIpc) is 2.80. The fourth-order valence-electron chi connectivity index (χ4n) is 4.78. The van der Waals surface area contributed by atoms with Crippen molar-refractivity contribution in [1.82, 2.24) is 9.80 Å². The topological polar surface area (TPSA) is 64.8 Å². The summed E-state index contributed by atoms with van der Waals surface area (Å²) >= 11 is 18.9. The Morgan fingerprint density at radius 1 is 1.03 bits per heavy atom. The normalized spacial score (nSPS) is 20.5. The number of benzene rings is 2. The van der Waals surface area contributed by atoms with Crippen LogP contribution < -0.4 is 16.0 Å². The molecule has 0 bridgehead atoms. The van der Waals surface area contributed by atoms with Crippen molar-refractivity contribution in [3.05, 3.63) is 57.0 Å². The van der Waals surface area contributed by atoms with Gasteiger partial charge in [0.2, 0.25) is 0 Å². The number of amides is 2. The fraction of sp³-hybridized carbons (Fsp3) is 0.458. The van der Waals surface area contributed by atoms with Gasteiger partial charge in [0.15, 0.2) is 0 Å². The Hall–Kier alpha value is -1.86. The van der Waals surface area contributed by atoms with Gasteiger partial charge in [-0.25, -0.2) is 4.79 Å². The standard InChI is InChI=1S/C24H30Cl3N5O/c1-16(20-6-4-17(25)13-22(20)27)29-23-14-18(5-7-21(23)26)30-9-11-31(12-10-30)19-3-2-8-32(15-19)24(28)33/h4-7,13-14,16,19,29H,2-3,8-12,15H2,1H3,(H2,28,33)/t16-,19?/m1/s1. The minimum absolute atomic E-state index is 0.0288. The Labute approximate surface area is 210 Å². The predicted molar refractivity (Wildman–Crippen MR) is 138 cm³/mol. The van der Waals surface area contributed by atoms with Crippen molar-refractivity contribution in [3.8, 4) is 0 Å². The molecular formula is C24H30Cl3N5O. The van der Waals surface area contributed by atoms with Crippen LogP contribution in [0.25, 0.3) is 0 Å². The number of hydrogen-bond donors (Lipinski definition) is 2. The lowest BCUT2D eigenvalue weighted by Gasteiger charge is -2.43. The van der Waals surface area contributed by atoms with Gasteiger partial charge in [0.05, 0.1) is 16.8 Å². The number of nitrogens with zero attached hydrogens (tertiary/aromatic N) is 3. The van der Waals surface area contributed by atoms with Crippen LogP contribution in [0.5, 0.6) is 0 Å². The number of hydrogen-bond acceptors (Lipinski definition) is 4. The zero-order valence-electron chi connectivity index (χ0n) is 18.7. The van der Waals surface area contributed by atoms with Crippen LogP contribution in [-0.4, -0.2) is 61.1 Å². The first-order valence-electron chi connectivity index (χ1n) is 11.4. The smallest absolute Gasteiger partial charge is 0.314 e. The molecule has 2 fully saturated rings. The number of nitrogens with two attached hydrogens (primary N) is 1. The Balaban J connectivity index is 1.39. The number of primary amides is 1. The first kappa shape index (κ1) is 24.3. The molecule has 6 nitrogen and oxygen atoms in total. The molecule has 9 heteroatoms. The molecular weight excluding hydrogens is 481 g/mol. The van der Waals surface area contributed by atoms with Gasteiger partial charge >= 0.3 is 6.03 Å². The summed E-state index contributed by atoms with van der Waals surface area (Å²) in [5, 5.41) is 5.41. The van der Waals surface area contributed by atoms with E-state index in [1.165, 1.54) is 0 Å². The van der Waals surface area contributed by atoms with E-state index in [9.17, 15) is 4.79 Å². The van der Waals surface area contributed by atoms with Crippen molar-refractivity contribution < 1.29 is 4.79 Å². The van der Waals surface area contributed by atoms with E-state index in [1.807, 2.05) is 18.2 Å².